The van der Waals surface area contributed by atoms with Crippen LogP contribution in [-0.4, -0.2) is 66.3 Å². The second kappa shape index (κ2) is 7.56. The molecule has 136 valence electrons. The number of amides is 2. The smallest absolute Gasteiger partial charge is 0.241 e. The molecule has 2 atom stereocenters. The van der Waals surface area contributed by atoms with Gasteiger partial charge in [-0.3, -0.25) is 14.5 Å². The van der Waals surface area contributed by atoms with Crippen LogP contribution in [0.1, 0.15) is 30.9 Å². The Bertz CT molecular complexity index is 626. The zero-order valence-electron chi connectivity index (χ0n) is 15.6. The molecule has 5 heteroatoms. The third kappa shape index (κ3) is 4.03. The highest BCUT2D eigenvalue weighted by molar-refractivity contribution is 5.86. The molecule has 25 heavy (non-hydrogen) atoms. The van der Waals surface area contributed by atoms with Gasteiger partial charge in [0, 0.05) is 39.8 Å². The zero-order valence-corrected chi connectivity index (χ0v) is 15.6. The van der Waals surface area contributed by atoms with E-state index in [0.717, 1.165) is 38.9 Å². The minimum atomic E-state index is 0.00241. The molecule has 3 fully saturated rings. The molecular formula is C20H29N3O2. The monoisotopic (exact) mass is 343 g/mol. The van der Waals surface area contributed by atoms with Gasteiger partial charge in [0.25, 0.3) is 0 Å². The van der Waals surface area contributed by atoms with E-state index in [1.54, 1.807) is 19.0 Å². The van der Waals surface area contributed by atoms with Gasteiger partial charge in [-0.1, -0.05) is 31.2 Å². The Morgan fingerprint density at radius 2 is 1.80 bits per heavy atom. The SMILES string of the molecule is CCc1ccc(CN2C[C@@H]3CC[C@H](C2)N(CC(=O)N(C)C)C3=O)cc1. The number of nitrogens with zero attached hydrogens (tertiary/aromatic N) is 3. The molecule has 0 unspecified atom stereocenters. The molecule has 2 amide bonds. The molecule has 0 spiro atoms. The van der Waals surface area contributed by atoms with Crippen LogP contribution in [0.25, 0.3) is 0 Å². The Kier molecular flexibility index (Phi) is 5.42. The Labute approximate surface area is 150 Å². The number of carbonyl (C=O) groups is 2. The largest absolute Gasteiger partial charge is 0.347 e. The summed E-state index contributed by atoms with van der Waals surface area (Å²) in [6.45, 7) is 4.92. The lowest BCUT2D eigenvalue weighted by Gasteiger charge is -2.36. The number of carbonyl (C=O) groups excluding carboxylic acids is 2. The summed E-state index contributed by atoms with van der Waals surface area (Å²) >= 11 is 0. The van der Waals surface area contributed by atoms with Crippen LogP contribution in [0.2, 0.25) is 0 Å². The maximum atomic E-state index is 12.8. The predicted octanol–water partition coefficient (Wildman–Crippen LogP) is 1.76. The van der Waals surface area contributed by atoms with Crippen molar-refractivity contribution in [3.63, 3.8) is 0 Å². The molecule has 1 aromatic carbocycles. The molecule has 3 heterocycles. The molecule has 2 bridgehead atoms. The molecule has 3 saturated heterocycles. The van der Waals surface area contributed by atoms with Crippen molar-refractivity contribution >= 4 is 11.8 Å². The third-order valence-corrected chi connectivity index (χ3v) is 5.51. The predicted molar refractivity (Wildman–Crippen MR) is 98.0 cm³/mol. The maximum absolute atomic E-state index is 12.8. The first-order valence-electron chi connectivity index (χ1n) is 9.28. The Morgan fingerprint density at radius 1 is 1.12 bits per heavy atom. The second-order valence-corrected chi connectivity index (χ2v) is 7.55. The Morgan fingerprint density at radius 3 is 2.44 bits per heavy atom. The third-order valence-electron chi connectivity index (χ3n) is 5.51. The minimum Gasteiger partial charge on any atom is -0.347 e. The van der Waals surface area contributed by atoms with E-state index in [9.17, 15) is 9.59 Å². The van der Waals surface area contributed by atoms with Crippen molar-refractivity contribution in [2.45, 2.75) is 38.8 Å². The number of benzene rings is 1. The zero-order chi connectivity index (χ0) is 18.0. The molecule has 0 radical (unpaired) electrons. The lowest BCUT2D eigenvalue weighted by Crippen LogP contribution is -2.51. The highest BCUT2D eigenvalue weighted by Crippen LogP contribution is 2.29. The fourth-order valence-electron chi connectivity index (χ4n) is 3.89. The standard InChI is InChI=1S/C20H29N3O2/c1-4-15-5-7-16(8-6-15)11-22-12-17-9-10-18(13-22)23(20(17)25)14-19(24)21(2)3/h5-8,17-18H,4,9-14H2,1-3H3/t17-,18+/m0/s1. The van der Waals surface area contributed by atoms with Crippen LogP contribution in [0.4, 0.5) is 0 Å². The van der Waals surface area contributed by atoms with Crippen molar-refractivity contribution in [3.05, 3.63) is 35.4 Å². The lowest BCUT2D eigenvalue weighted by atomic mass is 9.94. The number of fused-ring (bicyclic) bond motifs is 4. The summed E-state index contributed by atoms with van der Waals surface area (Å²) in [5, 5.41) is 0. The van der Waals surface area contributed by atoms with Gasteiger partial charge in [0.05, 0.1) is 5.92 Å². The molecule has 0 aliphatic carbocycles. The first kappa shape index (κ1) is 17.9. The van der Waals surface area contributed by atoms with Gasteiger partial charge >= 0.3 is 0 Å². The topological polar surface area (TPSA) is 43.9 Å². The average Bonchev–Trinajstić information content (AvgIpc) is 2.87. The molecular weight excluding hydrogens is 314 g/mol. The van der Waals surface area contributed by atoms with E-state index in [2.05, 4.69) is 36.1 Å². The highest BCUT2D eigenvalue weighted by Gasteiger charge is 2.41. The Balaban J connectivity index is 1.69. The van der Waals surface area contributed by atoms with Gasteiger partial charge in [0.15, 0.2) is 0 Å². The van der Waals surface area contributed by atoms with Gasteiger partial charge in [0.2, 0.25) is 11.8 Å². The van der Waals surface area contributed by atoms with E-state index < -0.39 is 0 Å². The van der Waals surface area contributed by atoms with Crippen LogP contribution >= 0.6 is 0 Å². The average molecular weight is 343 g/mol. The van der Waals surface area contributed by atoms with Crippen molar-refractivity contribution in [3.8, 4) is 0 Å². The van der Waals surface area contributed by atoms with Gasteiger partial charge in [-0.15, -0.1) is 0 Å². The molecule has 3 aliphatic rings. The van der Waals surface area contributed by atoms with Crippen LogP contribution < -0.4 is 0 Å². The quantitative estimate of drug-likeness (QED) is 0.818. The highest BCUT2D eigenvalue weighted by atomic mass is 16.2. The van der Waals surface area contributed by atoms with E-state index in [1.807, 2.05) is 4.90 Å². The number of likely N-dealkylation sites (N-methyl/N-ethyl adjacent to an activating group) is 1. The van der Waals surface area contributed by atoms with Gasteiger partial charge in [-0.2, -0.15) is 0 Å². The summed E-state index contributed by atoms with van der Waals surface area (Å²) in [4.78, 5) is 30.7. The first-order valence-corrected chi connectivity index (χ1v) is 9.28. The van der Waals surface area contributed by atoms with Gasteiger partial charge in [-0.25, -0.2) is 0 Å². The van der Waals surface area contributed by atoms with E-state index in [0.29, 0.717) is 0 Å². The molecule has 1 aromatic rings. The van der Waals surface area contributed by atoms with E-state index in [-0.39, 0.29) is 30.3 Å². The fraction of sp³-hybridized carbons (Fsp3) is 0.600. The van der Waals surface area contributed by atoms with Crippen molar-refractivity contribution < 1.29 is 9.59 Å². The van der Waals surface area contributed by atoms with Crippen molar-refractivity contribution in [1.29, 1.82) is 0 Å². The van der Waals surface area contributed by atoms with Crippen molar-refractivity contribution in [2.24, 2.45) is 5.92 Å². The first-order chi connectivity index (χ1) is 12.0. The minimum absolute atomic E-state index is 0.00241. The van der Waals surface area contributed by atoms with Crippen LogP contribution in [-0.2, 0) is 22.6 Å². The van der Waals surface area contributed by atoms with E-state index >= 15 is 0 Å². The number of aryl methyl sites for hydroxylation is 1. The van der Waals surface area contributed by atoms with Crippen LogP contribution in [0.5, 0.6) is 0 Å². The molecule has 0 aromatic heterocycles. The van der Waals surface area contributed by atoms with E-state index in [1.165, 1.54) is 11.1 Å². The van der Waals surface area contributed by atoms with Crippen molar-refractivity contribution in [2.75, 3.05) is 33.7 Å². The number of piperidine rings is 1. The number of hydrogen-bond donors (Lipinski definition) is 0. The summed E-state index contributed by atoms with van der Waals surface area (Å²) in [5.41, 5.74) is 2.64. The summed E-state index contributed by atoms with van der Waals surface area (Å²) in [6, 6.07) is 8.93. The van der Waals surface area contributed by atoms with Gasteiger partial charge in [0.1, 0.15) is 6.54 Å². The van der Waals surface area contributed by atoms with Crippen LogP contribution in [0.15, 0.2) is 24.3 Å². The van der Waals surface area contributed by atoms with Gasteiger partial charge in [-0.05, 0) is 30.4 Å². The Hall–Kier alpha value is -1.88. The fourth-order valence-corrected chi connectivity index (χ4v) is 3.89. The van der Waals surface area contributed by atoms with Gasteiger partial charge < -0.3 is 9.80 Å². The lowest BCUT2D eigenvalue weighted by molar-refractivity contribution is -0.145. The summed E-state index contributed by atoms with van der Waals surface area (Å²) in [7, 11) is 3.49. The van der Waals surface area contributed by atoms with Crippen LogP contribution in [0, 0.1) is 5.92 Å². The number of rotatable bonds is 5. The molecule has 4 rings (SSSR count). The summed E-state index contributed by atoms with van der Waals surface area (Å²) in [6.07, 6.45) is 3.00. The summed E-state index contributed by atoms with van der Waals surface area (Å²) in [5.74, 6) is 0.196. The van der Waals surface area contributed by atoms with Crippen LogP contribution in [0.3, 0.4) is 0 Å². The molecule has 3 aliphatic heterocycles. The normalized spacial score (nSPS) is 23.6. The van der Waals surface area contributed by atoms with E-state index in [4.69, 9.17) is 0 Å². The number of hydrogen-bond acceptors (Lipinski definition) is 3. The summed E-state index contributed by atoms with van der Waals surface area (Å²) < 4.78 is 0. The second-order valence-electron chi connectivity index (χ2n) is 7.55. The molecule has 0 saturated carbocycles. The molecule has 0 N–H and O–H groups in total. The van der Waals surface area contributed by atoms with Crippen molar-refractivity contribution in [1.82, 2.24) is 14.7 Å². The molecule has 5 nitrogen and oxygen atoms in total. The maximum Gasteiger partial charge on any atom is 0.241 e.